The maximum Gasteiger partial charge on any atom is 0.264 e. The number of piperidine rings is 3. The molecule has 1 unspecified atom stereocenters. The molecule has 4 aromatic carbocycles. The van der Waals surface area contributed by atoms with Gasteiger partial charge < -0.3 is 19.1 Å². The summed E-state index contributed by atoms with van der Waals surface area (Å²) >= 11 is 0. The lowest BCUT2D eigenvalue weighted by atomic mass is 9.78. The molecule has 64 heavy (non-hydrogen) atoms. The molecule has 2 atom stereocenters. The average molecular weight is 864 g/mol. The van der Waals surface area contributed by atoms with Crippen LogP contribution in [0.2, 0.25) is 0 Å². The number of hydrogen-bond donors (Lipinski definition) is 1. The maximum atomic E-state index is 14.2. The molecule has 330 valence electrons. The van der Waals surface area contributed by atoms with Crippen LogP contribution in [0.1, 0.15) is 101 Å². The maximum absolute atomic E-state index is 14.2. The summed E-state index contributed by atoms with van der Waals surface area (Å²) in [7, 11) is 3.40. The molecule has 5 heterocycles. The minimum absolute atomic E-state index is 0.0466. The lowest BCUT2D eigenvalue weighted by molar-refractivity contribution is -0.134. The zero-order chi connectivity index (χ0) is 44.5. The summed E-state index contributed by atoms with van der Waals surface area (Å²) in [5, 5.41) is 17.8. The number of hydrogen-bond acceptors (Lipinski definition) is 11. The summed E-state index contributed by atoms with van der Waals surface area (Å²) in [5.41, 5.74) is 5.00. The van der Waals surface area contributed by atoms with E-state index in [2.05, 4.69) is 38.4 Å². The number of nitrogens with zero attached hydrogens (tertiary/aromatic N) is 6. The van der Waals surface area contributed by atoms with Gasteiger partial charge in [0.05, 0.1) is 66.2 Å². The molecule has 3 fully saturated rings. The number of likely N-dealkylation sites (tertiary alicyclic amines) is 1. The first-order chi connectivity index (χ1) is 31.1. The molecule has 5 aromatic rings. The van der Waals surface area contributed by atoms with E-state index in [0.29, 0.717) is 70.9 Å². The Morgan fingerprint density at radius 2 is 1.58 bits per heavy atom. The molecule has 1 N–H and O–H groups in total. The molecular formula is C50H53N7O7. The number of fused-ring (bicyclic) bond motifs is 2. The second-order valence-electron chi connectivity index (χ2n) is 17.3. The highest BCUT2D eigenvalue weighted by Gasteiger charge is 2.43. The molecule has 4 aliphatic rings. The van der Waals surface area contributed by atoms with Crippen molar-refractivity contribution in [3.8, 4) is 29.1 Å². The third kappa shape index (κ3) is 8.28. The van der Waals surface area contributed by atoms with Crippen molar-refractivity contribution in [3.63, 3.8) is 0 Å². The molecule has 0 aliphatic carbocycles. The molecule has 4 amide bonds. The molecule has 0 spiro atoms. The topological polar surface area (TPSA) is 159 Å². The SMILES string of the molecule is CCOc1cc([C@@H](CC#N)N2C(=O)c3cccc(N4CCC(C5CCN(Cc6ccc(Oc7ccc8c(C9CCC(=O)NC9=O)nn(C)c8c7)cc6)CC5)CC4)c3C2=O)ccc1OC. The van der Waals surface area contributed by atoms with Crippen LogP contribution >= 0.6 is 0 Å². The Kier molecular flexibility index (Phi) is 12.1. The first-order valence-corrected chi connectivity index (χ1v) is 22.4. The Morgan fingerprint density at radius 3 is 2.28 bits per heavy atom. The Bertz CT molecular complexity index is 2640. The number of carbonyl (C=O) groups is 4. The van der Waals surface area contributed by atoms with E-state index >= 15 is 0 Å². The predicted octanol–water partition coefficient (Wildman–Crippen LogP) is 7.67. The Hall–Kier alpha value is -6.72. The zero-order valence-electron chi connectivity index (χ0n) is 36.5. The molecule has 1 aromatic heterocycles. The van der Waals surface area contributed by atoms with Crippen molar-refractivity contribution in [1.82, 2.24) is 24.9 Å². The number of aromatic nitrogens is 2. The van der Waals surface area contributed by atoms with Crippen molar-refractivity contribution < 1.29 is 33.4 Å². The van der Waals surface area contributed by atoms with Gasteiger partial charge in [-0.15, -0.1) is 0 Å². The first kappa shape index (κ1) is 42.6. The van der Waals surface area contributed by atoms with Crippen molar-refractivity contribution in [2.45, 2.75) is 70.4 Å². The number of amides is 4. The third-order valence-electron chi connectivity index (χ3n) is 13.6. The molecule has 14 heteroatoms. The number of anilines is 1. The lowest BCUT2D eigenvalue weighted by Crippen LogP contribution is -2.41. The van der Waals surface area contributed by atoms with Crippen LogP contribution in [0.15, 0.2) is 78.9 Å². The number of benzene rings is 4. The fraction of sp³-hybridized carbons (Fsp3) is 0.400. The van der Waals surface area contributed by atoms with Crippen LogP contribution in [0.3, 0.4) is 0 Å². The van der Waals surface area contributed by atoms with E-state index in [4.69, 9.17) is 14.2 Å². The summed E-state index contributed by atoms with van der Waals surface area (Å²) in [4.78, 5) is 58.5. The Balaban J connectivity index is 0.776. The quantitative estimate of drug-likeness (QED) is 0.116. The van der Waals surface area contributed by atoms with Crippen molar-refractivity contribution >= 4 is 40.2 Å². The number of ether oxygens (including phenoxy) is 3. The van der Waals surface area contributed by atoms with Crippen molar-refractivity contribution in [2.24, 2.45) is 18.9 Å². The first-order valence-electron chi connectivity index (χ1n) is 22.4. The summed E-state index contributed by atoms with van der Waals surface area (Å²) in [6.45, 7) is 6.86. The van der Waals surface area contributed by atoms with Gasteiger partial charge in [0, 0.05) is 44.6 Å². The van der Waals surface area contributed by atoms with E-state index in [1.165, 1.54) is 10.5 Å². The number of methoxy groups -OCH3 is 1. The lowest BCUT2D eigenvalue weighted by Gasteiger charge is -2.41. The van der Waals surface area contributed by atoms with E-state index < -0.39 is 12.0 Å². The summed E-state index contributed by atoms with van der Waals surface area (Å²) in [5.74, 6) is 1.95. The summed E-state index contributed by atoms with van der Waals surface area (Å²) in [6.07, 6.45) is 5.05. The van der Waals surface area contributed by atoms with Crippen LogP contribution in [-0.4, -0.2) is 83.1 Å². The third-order valence-corrected chi connectivity index (χ3v) is 13.6. The van der Waals surface area contributed by atoms with E-state index in [1.54, 1.807) is 36.1 Å². The number of aryl methyl sites for hydroxylation is 1. The number of imide groups is 2. The summed E-state index contributed by atoms with van der Waals surface area (Å²) in [6, 6.07) is 26.3. The van der Waals surface area contributed by atoms with Gasteiger partial charge in [-0.2, -0.15) is 10.4 Å². The minimum Gasteiger partial charge on any atom is -0.493 e. The van der Waals surface area contributed by atoms with Crippen LogP contribution in [0.5, 0.6) is 23.0 Å². The van der Waals surface area contributed by atoms with Crippen LogP contribution in [0, 0.1) is 23.2 Å². The second-order valence-corrected chi connectivity index (χ2v) is 17.3. The van der Waals surface area contributed by atoms with Crippen molar-refractivity contribution in [1.29, 1.82) is 5.26 Å². The Labute approximate surface area is 372 Å². The number of nitrogens with one attached hydrogen (secondary N) is 1. The molecule has 0 radical (unpaired) electrons. The number of carbonyl (C=O) groups excluding carboxylic acids is 4. The van der Waals surface area contributed by atoms with Crippen molar-refractivity contribution in [3.05, 3.63) is 107 Å². The normalized spacial score (nSPS) is 19.1. The zero-order valence-corrected chi connectivity index (χ0v) is 36.5. The van der Waals surface area contributed by atoms with Gasteiger partial charge in [0.2, 0.25) is 11.8 Å². The largest absolute Gasteiger partial charge is 0.493 e. The molecular weight excluding hydrogens is 811 g/mol. The van der Waals surface area contributed by atoms with Crippen LogP contribution in [0.4, 0.5) is 5.69 Å². The van der Waals surface area contributed by atoms with Gasteiger partial charge >= 0.3 is 0 Å². The minimum atomic E-state index is -0.772. The fourth-order valence-corrected chi connectivity index (χ4v) is 10.2. The highest BCUT2D eigenvalue weighted by molar-refractivity contribution is 6.24. The average Bonchev–Trinajstić information content (AvgIpc) is 3.77. The van der Waals surface area contributed by atoms with Gasteiger partial charge in [-0.1, -0.05) is 24.3 Å². The number of nitriles is 1. The highest BCUT2D eigenvalue weighted by atomic mass is 16.5. The molecule has 14 nitrogen and oxygen atoms in total. The van der Waals surface area contributed by atoms with Crippen LogP contribution in [-0.2, 0) is 23.2 Å². The number of rotatable bonds is 13. The smallest absolute Gasteiger partial charge is 0.264 e. The van der Waals surface area contributed by atoms with E-state index in [9.17, 15) is 24.4 Å². The van der Waals surface area contributed by atoms with Crippen LogP contribution < -0.4 is 24.4 Å². The van der Waals surface area contributed by atoms with E-state index in [-0.39, 0.29) is 30.0 Å². The predicted molar refractivity (Wildman–Crippen MR) is 239 cm³/mol. The van der Waals surface area contributed by atoms with Gasteiger partial charge in [-0.25, -0.2) is 0 Å². The van der Waals surface area contributed by atoms with Gasteiger partial charge in [-0.3, -0.25) is 39.0 Å². The monoisotopic (exact) mass is 863 g/mol. The van der Waals surface area contributed by atoms with Gasteiger partial charge in [-0.05, 0) is 124 Å². The van der Waals surface area contributed by atoms with Gasteiger partial charge in [0.25, 0.3) is 11.8 Å². The van der Waals surface area contributed by atoms with Gasteiger partial charge in [0.15, 0.2) is 11.5 Å². The highest BCUT2D eigenvalue weighted by Crippen LogP contribution is 2.42. The van der Waals surface area contributed by atoms with E-state index in [0.717, 1.165) is 80.7 Å². The molecule has 0 saturated carbocycles. The molecule has 4 aliphatic heterocycles. The molecule has 9 rings (SSSR count). The molecule has 3 saturated heterocycles. The standard InChI is InChI=1S/C50H53N7O7/c1-4-63-44-28-34(10-16-43(44)62-3)40(18-23-51)57-49(60)38-6-5-7-41(46(38)50(57)61)56-26-21-33(22-27-56)32-19-24-55(25-20-32)30-31-8-11-35(12-9-31)64-36-13-14-37-42(29-36)54(2)53-47(37)39-15-17-45(58)52-48(39)59/h5-14,16,28-29,32-33,39-40H,4,15,17-22,24-27,30H2,1-3H3,(H,52,58,59)/t39?,40-/m1/s1. The van der Waals surface area contributed by atoms with Gasteiger partial charge in [0.1, 0.15) is 11.5 Å². The fourth-order valence-electron chi connectivity index (χ4n) is 10.2. The second kappa shape index (κ2) is 18.2. The summed E-state index contributed by atoms with van der Waals surface area (Å²) < 4.78 is 19.2. The Morgan fingerprint density at radius 1 is 0.844 bits per heavy atom. The van der Waals surface area contributed by atoms with Crippen LogP contribution in [0.25, 0.3) is 10.9 Å². The van der Waals surface area contributed by atoms with E-state index in [1.807, 2.05) is 56.4 Å². The van der Waals surface area contributed by atoms with Crippen molar-refractivity contribution in [2.75, 3.05) is 44.8 Å². The molecule has 0 bridgehead atoms.